The summed E-state index contributed by atoms with van der Waals surface area (Å²) >= 11 is 5.84. The molecule has 1 heterocycles. The van der Waals surface area contributed by atoms with Gasteiger partial charge in [0.05, 0.1) is 11.5 Å². The molecule has 1 aliphatic rings. The number of nitrogens with zero attached hydrogens (tertiary/aromatic N) is 2. The molecule has 48 heavy (non-hydrogen) atoms. The molecule has 1 saturated carbocycles. The molecule has 15 heteroatoms. The number of aliphatic hydroxyl groups excluding tert-OH is 1. The van der Waals surface area contributed by atoms with Crippen molar-refractivity contribution in [3.63, 3.8) is 0 Å². The van der Waals surface area contributed by atoms with Crippen LogP contribution in [-0.4, -0.2) is 66.3 Å². The molecule has 3 aromatic carbocycles. The zero-order chi connectivity index (χ0) is 33.4. The van der Waals surface area contributed by atoms with Crippen LogP contribution in [0.15, 0.2) is 77.7 Å². The van der Waals surface area contributed by atoms with Crippen molar-refractivity contribution in [2.24, 2.45) is 17.6 Å². The Morgan fingerprint density at radius 1 is 0.917 bits per heavy atom. The van der Waals surface area contributed by atoms with Gasteiger partial charge in [-0.15, -0.1) is 22.6 Å². The van der Waals surface area contributed by atoms with Crippen molar-refractivity contribution in [1.82, 2.24) is 25.2 Å². The molecule has 0 spiro atoms. The summed E-state index contributed by atoms with van der Waals surface area (Å²) in [7, 11) is -3.71. The lowest BCUT2D eigenvalue weighted by molar-refractivity contribution is -0.130. The minimum absolute atomic E-state index is 0. The Hall–Kier alpha value is -3.85. The first-order valence-corrected chi connectivity index (χ1v) is 17.3. The Morgan fingerprint density at radius 2 is 1.52 bits per heavy atom. The van der Waals surface area contributed by atoms with E-state index >= 15 is 0 Å². The minimum atomic E-state index is -3.71. The SMILES string of the molecule is Cl.NC[C@H]1CC[C@H](C(=O)N[C@@H](Cc2ccc(-c3ccc(S(=O)(=O)NCCO)cc3)cc2)C(=O)Nc2ccc(-c3nnc(Cl)[nH]3)cc2)CC1. The molecular formula is C33H39Cl2N7O5S. The van der Waals surface area contributed by atoms with Crippen molar-refractivity contribution in [3.8, 4) is 22.5 Å². The van der Waals surface area contributed by atoms with Gasteiger partial charge < -0.3 is 26.5 Å². The number of nitrogens with two attached hydrogens (primary N) is 1. The molecule has 256 valence electrons. The second-order valence-corrected chi connectivity index (χ2v) is 13.7. The summed E-state index contributed by atoms with van der Waals surface area (Å²) < 4.78 is 27.0. The third-order valence-electron chi connectivity index (χ3n) is 8.36. The van der Waals surface area contributed by atoms with Gasteiger partial charge in [0.2, 0.25) is 27.1 Å². The molecular weight excluding hydrogens is 677 g/mol. The maximum Gasteiger partial charge on any atom is 0.247 e. The van der Waals surface area contributed by atoms with Crippen LogP contribution in [0.3, 0.4) is 0 Å². The number of rotatable bonds is 13. The van der Waals surface area contributed by atoms with Crippen molar-refractivity contribution in [1.29, 1.82) is 0 Å². The number of carbonyl (C=O) groups excluding carboxylic acids is 2. The van der Waals surface area contributed by atoms with E-state index in [1.807, 2.05) is 24.3 Å². The van der Waals surface area contributed by atoms with Crippen LogP contribution in [0.25, 0.3) is 22.5 Å². The zero-order valence-electron chi connectivity index (χ0n) is 26.1. The van der Waals surface area contributed by atoms with E-state index in [1.54, 1.807) is 36.4 Å². The Bertz CT molecular complexity index is 1760. The van der Waals surface area contributed by atoms with E-state index in [0.717, 1.165) is 47.9 Å². The van der Waals surface area contributed by atoms with Crippen molar-refractivity contribution in [3.05, 3.63) is 83.6 Å². The van der Waals surface area contributed by atoms with Gasteiger partial charge in [0.15, 0.2) is 5.82 Å². The van der Waals surface area contributed by atoms with E-state index in [0.29, 0.717) is 24.0 Å². The summed E-state index contributed by atoms with van der Waals surface area (Å²) in [5.74, 6) is 0.269. The van der Waals surface area contributed by atoms with E-state index in [1.165, 1.54) is 12.1 Å². The summed E-state index contributed by atoms with van der Waals surface area (Å²) in [6, 6.07) is 20.2. The number of H-pyrrole nitrogens is 1. The molecule has 7 N–H and O–H groups in total. The molecule has 0 bridgehead atoms. The summed E-state index contributed by atoms with van der Waals surface area (Å²) in [5, 5.41) is 22.8. The molecule has 4 aromatic rings. The highest BCUT2D eigenvalue weighted by molar-refractivity contribution is 7.89. The Labute approximate surface area is 290 Å². The molecule has 0 aliphatic heterocycles. The first-order valence-electron chi connectivity index (χ1n) is 15.4. The number of aromatic amines is 1. The van der Waals surface area contributed by atoms with Gasteiger partial charge in [0, 0.05) is 30.1 Å². The number of carbonyl (C=O) groups is 2. The van der Waals surface area contributed by atoms with Gasteiger partial charge in [-0.25, -0.2) is 13.1 Å². The largest absolute Gasteiger partial charge is 0.395 e. The van der Waals surface area contributed by atoms with Crippen LogP contribution in [-0.2, 0) is 26.0 Å². The molecule has 0 saturated heterocycles. The number of halogens is 2. The van der Waals surface area contributed by atoms with Crippen molar-refractivity contribution >= 4 is 51.5 Å². The molecule has 1 fully saturated rings. The third kappa shape index (κ3) is 9.62. The maximum absolute atomic E-state index is 13.6. The lowest BCUT2D eigenvalue weighted by atomic mass is 9.81. The third-order valence-corrected chi connectivity index (χ3v) is 10.0. The fourth-order valence-corrected chi connectivity index (χ4v) is 6.78. The maximum atomic E-state index is 13.6. The highest BCUT2D eigenvalue weighted by Crippen LogP contribution is 2.29. The van der Waals surface area contributed by atoms with Crippen LogP contribution in [0.2, 0.25) is 5.28 Å². The van der Waals surface area contributed by atoms with Gasteiger partial charge in [0.1, 0.15) is 6.04 Å². The van der Waals surface area contributed by atoms with Gasteiger partial charge >= 0.3 is 0 Å². The summed E-state index contributed by atoms with van der Waals surface area (Å²) in [6.45, 7) is 0.258. The molecule has 0 unspecified atom stereocenters. The van der Waals surface area contributed by atoms with E-state index in [9.17, 15) is 18.0 Å². The average molecular weight is 717 g/mol. The average Bonchev–Trinajstić information content (AvgIpc) is 3.53. The van der Waals surface area contributed by atoms with E-state index in [2.05, 4.69) is 30.5 Å². The topological polar surface area (TPSA) is 192 Å². The number of hydrogen-bond acceptors (Lipinski definition) is 8. The van der Waals surface area contributed by atoms with Crippen LogP contribution >= 0.6 is 24.0 Å². The van der Waals surface area contributed by atoms with Crippen LogP contribution in [0.1, 0.15) is 31.2 Å². The van der Waals surface area contributed by atoms with Crippen molar-refractivity contribution in [2.45, 2.75) is 43.0 Å². The predicted octanol–water partition coefficient (Wildman–Crippen LogP) is 3.92. The van der Waals surface area contributed by atoms with Crippen molar-refractivity contribution < 1.29 is 23.1 Å². The van der Waals surface area contributed by atoms with Gasteiger partial charge in [0.25, 0.3) is 0 Å². The number of amides is 2. The summed E-state index contributed by atoms with van der Waals surface area (Å²) in [5.41, 5.74) is 9.64. The molecule has 12 nitrogen and oxygen atoms in total. The Morgan fingerprint density at radius 3 is 2.08 bits per heavy atom. The number of anilines is 1. The molecule has 1 aromatic heterocycles. The summed E-state index contributed by atoms with van der Waals surface area (Å²) in [4.78, 5) is 29.9. The lowest BCUT2D eigenvalue weighted by Gasteiger charge is -2.28. The van der Waals surface area contributed by atoms with E-state index in [4.69, 9.17) is 22.4 Å². The minimum Gasteiger partial charge on any atom is -0.395 e. The number of hydrogen-bond donors (Lipinski definition) is 6. The van der Waals surface area contributed by atoms with Crippen LogP contribution in [0, 0.1) is 11.8 Å². The van der Waals surface area contributed by atoms with Gasteiger partial charge in [-0.05, 0) is 103 Å². The number of nitrogens with one attached hydrogen (secondary N) is 4. The van der Waals surface area contributed by atoms with Crippen molar-refractivity contribution in [2.75, 3.05) is 25.0 Å². The summed E-state index contributed by atoms with van der Waals surface area (Å²) in [6.07, 6.45) is 3.52. The molecule has 2 amide bonds. The highest BCUT2D eigenvalue weighted by Gasteiger charge is 2.29. The number of aromatic nitrogens is 3. The highest BCUT2D eigenvalue weighted by atomic mass is 35.5. The van der Waals surface area contributed by atoms with Crippen LogP contribution in [0.5, 0.6) is 0 Å². The second kappa shape index (κ2) is 17.0. The first kappa shape index (κ1) is 37.0. The Kier molecular flexibility index (Phi) is 13.1. The lowest BCUT2D eigenvalue weighted by Crippen LogP contribution is -2.48. The van der Waals surface area contributed by atoms with Crippen LogP contribution in [0.4, 0.5) is 5.69 Å². The van der Waals surface area contributed by atoms with Gasteiger partial charge in [-0.3, -0.25) is 9.59 Å². The fourth-order valence-electron chi connectivity index (χ4n) is 5.63. The number of benzene rings is 3. The Balaban J connectivity index is 0.00000520. The monoisotopic (exact) mass is 715 g/mol. The number of aliphatic hydroxyl groups is 1. The van der Waals surface area contributed by atoms with Crippen LogP contribution < -0.4 is 21.1 Å². The predicted molar refractivity (Wildman–Crippen MR) is 187 cm³/mol. The molecule has 1 aliphatic carbocycles. The fraction of sp³-hybridized carbons (Fsp3) is 0.333. The second-order valence-electron chi connectivity index (χ2n) is 11.6. The molecule has 0 radical (unpaired) electrons. The molecule has 5 rings (SSSR count). The smallest absolute Gasteiger partial charge is 0.247 e. The quantitative estimate of drug-likeness (QED) is 0.120. The van der Waals surface area contributed by atoms with E-state index in [-0.39, 0.29) is 59.9 Å². The standard InChI is InChI=1S/C33H38ClN7O5S.ClH/c34-33-39-30(40-41-33)25-9-13-27(14-10-25)37-32(44)29(38-31(43)26-7-3-22(20-35)4-8-26)19-21-1-5-23(6-2-21)24-11-15-28(16-12-24)47(45,46)36-17-18-42;/h1-2,5-6,9-16,22,26,29,36,42H,3-4,7-8,17-20,35H2,(H,37,44)(H,38,43)(H,39,40,41);1H/t22-,26-,29-;/m0./s1. The van der Waals surface area contributed by atoms with Gasteiger partial charge in [-0.2, -0.15) is 0 Å². The first-order chi connectivity index (χ1) is 22.6. The van der Waals surface area contributed by atoms with Gasteiger partial charge in [-0.1, -0.05) is 36.4 Å². The molecule has 1 atom stereocenters. The number of sulfonamides is 1. The zero-order valence-corrected chi connectivity index (χ0v) is 28.5. The van der Waals surface area contributed by atoms with E-state index < -0.39 is 16.1 Å². The normalized spacial score (nSPS) is 16.8.